The van der Waals surface area contributed by atoms with Crippen LogP contribution in [0.2, 0.25) is 0 Å². The highest BCUT2D eigenvalue weighted by atomic mass is 32.1. The zero-order valence-electron chi connectivity index (χ0n) is 24.7. The van der Waals surface area contributed by atoms with Crippen molar-refractivity contribution in [2.45, 2.75) is 51.0 Å². The number of carbonyl (C=O) groups is 2. The largest absolute Gasteiger partial charge is 0.444 e. The van der Waals surface area contributed by atoms with Gasteiger partial charge >= 0.3 is 12.2 Å². The van der Waals surface area contributed by atoms with Crippen LogP contribution in [0.5, 0.6) is 0 Å². The maximum Gasteiger partial charge on any atom is 0.407 e. The summed E-state index contributed by atoms with van der Waals surface area (Å²) in [6.07, 6.45) is 7.36. The molecule has 2 atom stereocenters. The summed E-state index contributed by atoms with van der Waals surface area (Å²) in [5, 5.41) is 6.19. The summed E-state index contributed by atoms with van der Waals surface area (Å²) in [5.41, 5.74) is 5.64. The quantitative estimate of drug-likeness (QED) is 0.0987. The van der Waals surface area contributed by atoms with Gasteiger partial charge in [-0.15, -0.1) is 29.3 Å². The Hall–Kier alpha value is -4.06. The fourth-order valence-corrected chi connectivity index (χ4v) is 5.79. The van der Waals surface area contributed by atoms with Crippen molar-refractivity contribution in [2.75, 3.05) is 19.6 Å². The van der Waals surface area contributed by atoms with Gasteiger partial charge in [-0.3, -0.25) is 14.9 Å². The van der Waals surface area contributed by atoms with Crippen LogP contribution in [0.3, 0.4) is 0 Å². The van der Waals surface area contributed by atoms with E-state index in [2.05, 4.69) is 56.3 Å². The number of ether oxygens (including phenoxy) is 2. The van der Waals surface area contributed by atoms with E-state index in [1.165, 1.54) is 22.7 Å². The predicted octanol–water partition coefficient (Wildman–Crippen LogP) is 6.24. The number of carbonyl (C=O) groups excluding carboxylic acids is 2. The average molecular weight is 634 g/mol. The maximum atomic E-state index is 12.9. The van der Waals surface area contributed by atoms with Crippen LogP contribution >= 0.6 is 22.7 Å². The molecule has 9 nitrogen and oxygen atoms in total. The van der Waals surface area contributed by atoms with E-state index < -0.39 is 12.2 Å². The Kier molecular flexibility index (Phi) is 13.9. The zero-order valence-corrected chi connectivity index (χ0v) is 26.3. The first-order valence-corrected chi connectivity index (χ1v) is 16.4. The lowest BCUT2D eigenvalue weighted by Gasteiger charge is -2.31. The molecule has 2 aromatic carbocycles. The third-order valence-electron chi connectivity index (χ3n) is 6.79. The number of hydrogen-bond donors (Lipinski definition) is 2. The Morgan fingerprint density at radius 2 is 1.27 bits per heavy atom. The summed E-state index contributed by atoms with van der Waals surface area (Å²) in [4.78, 5) is 37.9. The number of benzene rings is 2. The second-order valence-electron chi connectivity index (χ2n) is 10.3. The Balaban J connectivity index is 1.47. The fourth-order valence-electron chi connectivity index (χ4n) is 4.78. The number of aromatic nitrogens is 2. The summed E-state index contributed by atoms with van der Waals surface area (Å²) in [5.74, 6) is 0. The van der Waals surface area contributed by atoms with Gasteiger partial charge in [0.1, 0.15) is 13.2 Å². The first kappa shape index (κ1) is 32.8. The van der Waals surface area contributed by atoms with Crippen LogP contribution in [0, 0.1) is 0 Å². The van der Waals surface area contributed by atoms with Gasteiger partial charge in [0.2, 0.25) is 0 Å². The molecule has 2 aromatic heterocycles. The number of allylic oxidation sites excluding steroid dienone is 1. The van der Waals surface area contributed by atoms with E-state index in [9.17, 15) is 9.59 Å². The maximum absolute atomic E-state index is 12.9. The zero-order chi connectivity index (χ0) is 30.8. The Bertz CT molecular complexity index is 1270. The Labute approximate surface area is 267 Å². The molecule has 0 spiro atoms. The van der Waals surface area contributed by atoms with Crippen molar-refractivity contribution in [1.29, 1.82) is 0 Å². The number of unbranched alkanes of at least 4 members (excludes halogenated alkanes) is 1. The van der Waals surface area contributed by atoms with Crippen molar-refractivity contribution in [3.05, 3.63) is 118 Å². The molecule has 0 saturated carbocycles. The minimum atomic E-state index is -0.476. The number of nitrogens with one attached hydrogen (secondary N) is 2. The molecule has 44 heavy (non-hydrogen) atoms. The van der Waals surface area contributed by atoms with E-state index in [1.807, 2.05) is 42.5 Å². The molecular formula is C33H39N5O4S2. The van der Waals surface area contributed by atoms with Gasteiger partial charge < -0.3 is 20.1 Å². The molecule has 2 N–H and O–H groups in total. The van der Waals surface area contributed by atoms with E-state index in [-0.39, 0.29) is 25.3 Å². The normalized spacial score (nSPS) is 12.3. The average Bonchev–Trinajstić information content (AvgIpc) is 3.75. The summed E-state index contributed by atoms with van der Waals surface area (Å²) in [7, 11) is 0. The minimum absolute atomic E-state index is 0.171. The minimum Gasteiger partial charge on any atom is -0.444 e. The van der Waals surface area contributed by atoms with E-state index in [4.69, 9.17) is 9.47 Å². The second-order valence-corrected chi connectivity index (χ2v) is 12.3. The van der Waals surface area contributed by atoms with Gasteiger partial charge in [-0.2, -0.15) is 0 Å². The monoisotopic (exact) mass is 633 g/mol. The molecule has 0 radical (unpaired) electrons. The summed E-state index contributed by atoms with van der Waals surface area (Å²) in [6, 6.07) is 19.7. The SMILES string of the molecule is C=CCCCN(C[C@@H](Cc1ccccc1)NC(=O)OCc1cncs1)C[C@@H](Cc1ccccc1)NC(=O)OCc1cncs1. The second kappa shape index (κ2) is 18.6. The molecule has 2 amide bonds. The lowest BCUT2D eigenvalue weighted by molar-refractivity contribution is 0.126. The van der Waals surface area contributed by atoms with Crippen LogP contribution in [0.25, 0.3) is 0 Å². The highest BCUT2D eigenvalue weighted by molar-refractivity contribution is 7.09. The molecule has 0 aliphatic heterocycles. The summed E-state index contributed by atoms with van der Waals surface area (Å²) < 4.78 is 11.0. The lowest BCUT2D eigenvalue weighted by atomic mass is 10.0. The van der Waals surface area contributed by atoms with Gasteiger partial charge in [0.15, 0.2) is 0 Å². The van der Waals surface area contributed by atoms with Gasteiger partial charge in [-0.1, -0.05) is 66.7 Å². The number of thiazole rings is 2. The number of alkyl carbamates (subject to hydrolysis) is 2. The molecule has 2 heterocycles. The molecule has 0 fully saturated rings. The van der Waals surface area contributed by atoms with Crippen molar-refractivity contribution in [1.82, 2.24) is 25.5 Å². The molecule has 0 aliphatic carbocycles. The van der Waals surface area contributed by atoms with E-state index >= 15 is 0 Å². The third-order valence-corrected chi connectivity index (χ3v) is 8.30. The molecule has 4 rings (SSSR count). The third kappa shape index (κ3) is 12.3. The molecular weight excluding hydrogens is 595 g/mol. The fraction of sp³-hybridized carbons (Fsp3) is 0.333. The van der Waals surface area contributed by atoms with Crippen molar-refractivity contribution < 1.29 is 19.1 Å². The number of hydrogen-bond acceptors (Lipinski definition) is 9. The predicted molar refractivity (Wildman–Crippen MR) is 175 cm³/mol. The molecule has 4 aromatic rings. The van der Waals surface area contributed by atoms with Gasteiger partial charge in [0.05, 0.1) is 20.8 Å². The molecule has 11 heteroatoms. The smallest absolute Gasteiger partial charge is 0.407 e. The first-order chi connectivity index (χ1) is 21.6. The van der Waals surface area contributed by atoms with Crippen LogP contribution in [-0.2, 0) is 35.5 Å². The van der Waals surface area contributed by atoms with Crippen LogP contribution in [0.1, 0.15) is 33.7 Å². The number of amides is 2. The van der Waals surface area contributed by atoms with Gasteiger partial charge in [-0.25, -0.2) is 9.59 Å². The molecule has 232 valence electrons. The first-order valence-electron chi connectivity index (χ1n) is 14.6. The van der Waals surface area contributed by atoms with Crippen molar-refractivity contribution >= 4 is 34.9 Å². The lowest BCUT2D eigenvalue weighted by Crippen LogP contribution is -2.50. The Morgan fingerprint density at radius 3 is 1.68 bits per heavy atom. The summed E-state index contributed by atoms with van der Waals surface area (Å²) in [6.45, 7) is 6.10. The Morgan fingerprint density at radius 1 is 0.795 bits per heavy atom. The highest BCUT2D eigenvalue weighted by Crippen LogP contribution is 2.12. The van der Waals surface area contributed by atoms with Gasteiger partial charge in [0, 0.05) is 37.6 Å². The number of nitrogens with zero attached hydrogens (tertiary/aromatic N) is 3. The molecule has 0 bridgehead atoms. The van der Waals surface area contributed by atoms with E-state index in [0.29, 0.717) is 25.9 Å². The van der Waals surface area contributed by atoms with Crippen molar-refractivity contribution in [2.24, 2.45) is 0 Å². The van der Waals surface area contributed by atoms with Crippen LogP contribution < -0.4 is 10.6 Å². The van der Waals surface area contributed by atoms with Crippen LogP contribution in [0.15, 0.2) is 96.7 Å². The summed E-state index contributed by atoms with van der Waals surface area (Å²) >= 11 is 2.89. The van der Waals surface area contributed by atoms with Gasteiger partial charge in [-0.05, 0) is 43.4 Å². The molecule has 0 aliphatic rings. The van der Waals surface area contributed by atoms with Crippen LogP contribution in [0.4, 0.5) is 9.59 Å². The van der Waals surface area contributed by atoms with Crippen molar-refractivity contribution in [3.63, 3.8) is 0 Å². The van der Waals surface area contributed by atoms with Crippen LogP contribution in [-0.4, -0.2) is 58.8 Å². The number of rotatable bonds is 18. The van der Waals surface area contributed by atoms with E-state index in [1.54, 1.807) is 23.4 Å². The molecule has 0 saturated heterocycles. The molecule has 0 unspecified atom stereocenters. The topological polar surface area (TPSA) is 106 Å². The van der Waals surface area contributed by atoms with Gasteiger partial charge in [0.25, 0.3) is 0 Å². The van der Waals surface area contributed by atoms with E-state index in [0.717, 1.165) is 40.3 Å². The van der Waals surface area contributed by atoms with Crippen molar-refractivity contribution in [3.8, 4) is 0 Å². The highest BCUT2D eigenvalue weighted by Gasteiger charge is 2.23. The standard InChI is InChI=1S/C33H39N5O4S2/c1-2-3-10-15-38(20-28(16-26-11-6-4-7-12-26)36-32(39)41-22-30-18-34-24-43-30)21-29(17-27-13-8-5-9-14-27)37-33(40)42-23-31-19-35-25-44-31/h2,4-9,11-14,18-19,24-25,28-29H,1,3,10,15-17,20-23H2,(H,36,39)(H,37,40)/t28-,29-/m1/s1.